The molecular formula is C20H24N2O5S. The van der Waals surface area contributed by atoms with Crippen LogP contribution in [0.5, 0.6) is 0 Å². The number of carbonyl (C=O) groups excluding carboxylic acids is 2. The van der Waals surface area contributed by atoms with Gasteiger partial charge in [0.1, 0.15) is 6.61 Å². The summed E-state index contributed by atoms with van der Waals surface area (Å²) in [4.78, 5) is 22.8. The van der Waals surface area contributed by atoms with Crippen LogP contribution in [0.15, 0.2) is 53.4 Å². The van der Waals surface area contributed by atoms with Gasteiger partial charge < -0.3 is 10.5 Å². The molecule has 0 unspecified atom stereocenters. The molecule has 0 aliphatic heterocycles. The van der Waals surface area contributed by atoms with Crippen molar-refractivity contribution >= 4 is 21.9 Å². The average Bonchev–Trinajstić information content (AvgIpc) is 2.64. The molecule has 2 rings (SSSR count). The highest BCUT2D eigenvalue weighted by atomic mass is 32.2. The van der Waals surface area contributed by atoms with Crippen LogP contribution >= 0.6 is 0 Å². The first-order valence-corrected chi connectivity index (χ1v) is 10.1. The Morgan fingerprint density at radius 1 is 1.00 bits per heavy atom. The summed E-state index contributed by atoms with van der Waals surface area (Å²) in [5.74, 6) is -1.35. The van der Waals surface area contributed by atoms with Crippen LogP contribution in [0, 0.1) is 0 Å². The maximum absolute atomic E-state index is 12.2. The Balaban J connectivity index is 1.98. The first-order valence-electron chi connectivity index (χ1n) is 8.63. The number of nitrogens with two attached hydrogens (primary N) is 1. The molecule has 0 aliphatic rings. The van der Waals surface area contributed by atoms with Gasteiger partial charge in [-0.1, -0.05) is 45.0 Å². The van der Waals surface area contributed by atoms with Crippen LogP contribution in [0.1, 0.15) is 42.3 Å². The SMILES string of the molecule is CC(C)(C)c1ccc(COC(=O)c2ccc(S(=O)(=O)NCC(N)=O)cc2)cc1. The van der Waals surface area contributed by atoms with E-state index in [1.807, 2.05) is 24.3 Å². The van der Waals surface area contributed by atoms with Crippen molar-refractivity contribution in [2.75, 3.05) is 6.54 Å². The van der Waals surface area contributed by atoms with Crippen molar-refractivity contribution in [1.82, 2.24) is 4.72 Å². The van der Waals surface area contributed by atoms with E-state index in [1.54, 1.807) is 0 Å². The lowest BCUT2D eigenvalue weighted by Crippen LogP contribution is -2.33. The monoisotopic (exact) mass is 404 g/mol. The number of carbonyl (C=O) groups is 2. The molecule has 0 aliphatic carbocycles. The zero-order valence-electron chi connectivity index (χ0n) is 16.1. The fourth-order valence-corrected chi connectivity index (χ4v) is 3.35. The van der Waals surface area contributed by atoms with Crippen molar-refractivity contribution in [2.45, 2.75) is 37.7 Å². The molecule has 0 radical (unpaired) electrons. The summed E-state index contributed by atoms with van der Waals surface area (Å²) in [6.07, 6.45) is 0. The van der Waals surface area contributed by atoms with Crippen LogP contribution in [0.4, 0.5) is 0 Å². The van der Waals surface area contributed by atoms with Crippen LogP contribution in [-0.2, 0) is 31.6 Å². The van der Waals surface area contributed by atoms with Crippen molar-refractivity contribution in [3.05, 3.63) is 65.2 Å². The lowest BCUT2D eigenvalue weighted by atomic mass is 9.87. The highest BCUT2D eigenvalue weighted by Crippen LogP contribution is 2.22. The van der Waals surface area contributed by atoms with Gasteiger partial charge in [-0.25, -0.2) is 17.9 Å². The first-order chi connectivity index (χ1) is 13.0. The topological polar surface area (TPSA) is 116 Å². The second kappa shape index (κ2) is 8.53. The molecule has 0 spiro atoms. The molecule has 2 aromatic carbocycles. The van der Waals surface area contributed by atoms with Gasteiger partial charge in [0.15, 0.2) is 0 Å². The largest absolute Gasteiger partial charge is 0.457 e. The van der Waals surface area contributed by atoms with E-state index in [9.17, 15) is 18.0 Å². The Bertz CT molecular complexity index is 944. The molecule has 1 amide bonds. The van der Waals surface area contributed by atoms with E-state index in [4.69, 9.17) is 10.5 Å². The van der Waals surface area contributed by atoms with Gasteiger partial charge in [-0.05, 0) is 40.8 Å². The van der Waals surface area contributed by atoms with E-state index in [0.717, 1.165) is 5.56 Å². The van der Waals surface area contributed by atoms with Gasteiger partial charge in [0.2, 0.25) is 15.9 Å². The summed E-state index contributed by atoms with van der Waals surface area (Å²) in [7, 11) is -3.87. The van der Waals surface area contributed by atoms with Crippen LogP contribution < -0.4 is 10.5 Å². The normalized spacial score (nSPS) is 11.8. The summed E-state index contributed by atoms with van der Waals surface area (Å²) < 4.78 is 31.3. The van der Waals surface area contributed by atoms with E-state index in [0.29, 0.717) is 0 Å². The number of benzene rings is 2. The second-order valence-corrected chi connectivity index (χ2v) is 9.11. The molecule has 2 aromatic rings. The molecule has 0 bridgehead atoms. The van der Waals surface area contributed by atoms with E-state index in [2.05, 4.69) is 25.5 Å². The van der Waals surface area contributed by atoms with Gasteiger partial charge in [0.25, 0.3) is 0 Å². The molecule has 8 heteroatoms. The number of rotatable bonds is 7. The van der Waals surface area contributed by atoms with E-state index >= 15 is 0 Å². The van der Waals surface area contributed by atoms with Crippen LogP contribution in [-0.4, -0.2) is 26.8 Å². The van der Waals surface area contributed by atoms with Crippen LogP contribution in [0.3, 0.4) is 0 Å². The zero-order chi connectivity index (χ0) is 20.9. The summed E-state index contributed by atoms with van der Waals surface area (Å²) in [6.45, 7) is 5.98. The lowest BCUT2D eigenvalue weighted by Gasteiger charge is -2.19. The predicted octanol–water partition coefficient (Wildman–Crippen LogP) is 2.10. The Labute approximate surface area is 164 Å². The average molecular weight is 404 g/mol. The number of hydrogen-bond donors (Lipinski definition) is 2. The quantitative estimate of drug-likeness (QED) is 0.686. The fraction of sp³-hybridized carbons (Fsp3) is 0.300. The number of amides is 1. The van der Waals surface area contributed by atoms with Gasteiger partial charge in [0, 0.05) is 0 Å². The van der Waals surface area contributed by atoms with Crippen molar-refractivity contribution in [2.24, 2.45) is 5.73 Å². The lowest BCUT2D eigenvalue weighted by molar-refractivity contribution is -0.116. The second-order valence-electron chi connectivity index (χ2n) is 7.34. The van der Waals surface area contributed by atoms with Crippen molar-refractivity contribution in [3.63, 3.8) is 0 Å². The Morgan fingerprint density at radius 3 is 2.07 bits per heavy atom. The Kier molecular flexibility index (Phi) is 6.58. The van der Waals surface area contributed by atoms with E-state index in [-0.39, 0.29) is 22.5 Å². The van der Waals surface area contributed by atoms with Crippen molar-refractivity contribution in [3.8, 4) is 0 Å². The molecule has 0 saturated heterocycles. The highest BCUT2D eigenvalue weighted by molar-refractivity contribution is 7.89. The first kappa shape index (κ1) is 21.6. The zero-order valence-corrected chi connectivity index (χ0v) is 16.9. The molecule has 0 heterocycles. The fourth-order valence-electron chi connectivity index (χ4n) is 2.35. The predicted molar refractivity (Wildman–Crippen MR) is 105 cm³/mol. The van der Waals surface area contributed by atoms with Crippen molar-refractivity contribution in [1.29, 1.82) is 0 Å². The minimum atomic E-state index is -3.87. The van der Waals surface area contributed by atoms with E-state index in [1.165, 1.54) is 29.8 Å². The third kappa shape index (κ3) is 5.90. The maximum Gasteiger partial charge on any atom is 0.338 e. The third-order valence-corrected chi connectivity index (χ3v) is 5.44. The summed E-state index contributed by atoms with van der Waals surface area (Å²) in [5, 5.41) is 0. The smallest absolute Gasteiger partial charge is 0.338 e. The summed E-state index contributed by atoms with van der Waals surface area (Å²) >= 11 is 0. The van der Waals surface area contributed by atoms with Crippen molar-refractivity contribution < 1.29 is 22.7 Å². The number of primary amides is 1. The number of nitrogens with one attached hydrogen (secondary N) is 1. The highest BCUT2D eigenvalue weighted by Gasteiger charge is 2.16. The van der Waals surface area contributed by atoms with Gasteiger partial charge in [-0.3, -0.25) is 4.79 Å². The molecule has 7 nitrogen and oxygen atoms in total. The molecule has 0 aromatic heterocycles. The van der Waals surface area contributed by atoms with Gasteiger partial charge >= 0.3 is 5.97 Å². The van der Waals surface area contributed by atoms with E-state index < -0.39 is 28.4 Å². The molecule has 0 atom stereocenters. The molecule has 28 heavy (non-hydrogen) atoms. The minimum absolute atomic E-state index is 0.0452. The summed E-state index contributed by atoms with van der Waals surface area (Å²) in [5.41, 5.74) is 7.23. The number of ether oxygens (including phenoxy) is 1. The van der Waals surface area contributed by atoms with Gasteiger partial charge in [-0.15, -0.1) is 0 Å². The minimum Gasteiger partial charge on any atom is -0.457 e. The van der Waals surface area contributed by atoms with Gasteiger partial charge in [0.05, 0.1) is 17.0 Å². The molecular weight excluding hydrogens is 380 g/mol. The molecule has 0 fully saturated rings. The molecule has 150 valence electrons. The standard InChI is InChI=1S/C20H24N2O5S/c1-20(2,3)16-8-4-14(5-9-16)13-27-19(24)15-6-10-17(11-7-15)28(25,26)22-12-18(21)23/h4-11,22H,12-13H2,1-3H3,(H2,21,23). The van der Waals surface area contributed by atoms with Gasteiger partial charge in [-0.2, -0.15) is 0 Å². The molecule has 3 N–H and O–H groups in total. The van der Waals surface area contributed by atoms with Crippen LogP contribution in [0.2, 0.25) is 0 Å². The Hall–Kier alpha value is -2.71. The summed E-state index contributed by atoms with van der Waals surface area (Å²) in [6, 6.07) is 13.1. The number of sulfonamides is 1. The maximum atomic E-state index is 12.2. The number of esters is 1. The number of hydrogen-bond acceptors (Lipinski definition) is 5. The molecule has 0 saturated carbocycles. The Morgan fingerprint density at radius 2 is 1.57 bits per heavy atom. The third-order valence-electron chi connectivity index (χ3n) is 4.03. The van der Waals surface area contributed by atoms with Crippen LogP contribution in [0.25, 0.3) is 0 Å².